The van der Waals surface area contributed by atoms with Crippen molar-refractivity contribution in [3.05, 3.63) is 97.8 Å². The molecule has 5 rings (SSSR count). The smallest absolute Gasteiger partial charge is 0.353 e. The van der Waals surface area contributed by atoms with Gasteiger partial charge in [0.15, 0.2) is 0 Å². The standard InChI is InChI=1S/C25H19FN4O4/c1-12-6-17-20(7-13(12)2)30(22(25(33)34)21(17)15-4-3-5-27-23(15)31)10-14-8-16-19(9-18(14)26)28-11-29-24(16)32/h3-9,11H,10H2,1-2H3,(H,27,31)(H,33,34)(H,28,29,32). The van der Waals surface area contributed by atoms with Crippen molar-refractivity contribution < 1.29 is 14.3 Å². The fourth-order valence-corrected chi connectivity index (χ4v) is 4.31. The number of aromatic carboxylic acids is 1. The van der Waals surface area contributed by atoms with Gasteiger partial charge >= 0.3 is 5.97 Å². The molecule has 0 spiro atoms. The molecule has 0 aliphatic rings. The van der Waals surface area contributed by atoms with E-state index in [0.29, 0.717) is 10.9 Å². The Morgan fingerprint density at radius 3 is 2.56 bits per heavy atom. The maximum atomic E-state index is 15.0. The molecule has 0 atom stereocenters. The number of carboxylic acid groups (broad SMARTS) is 1. The number of carboxylic acids is 1. The number of aryl methyl sites for hydroxylation is 2. The Hall–Kier alpha value is -4.53. The molecule has 0 fully saturated rings. The molecule has 0 aliphatic carbocycles. The number of rotatable bonds is 4. The van der Waals surface area contributed by atoms with Crippen molar-refractivity contribution in [1.82, 2.24) is 19.5 Å². The monoisotopic (exact) mass is 458 g/mol. The molecule has 0 radical (unpaired) electrons. The number of halogens is 1. The molecule has 0 unspecified atom stereocenters. The number of H-pyrrole nitrogens is 2. The molecular weight excluding hydrogens is 439 g/mol. The van der Waals surface area contributed by atoms with E-state index < -0.39 is 22.9 Å². The number of benzene rings is 2. The molecule has 8 nitrogen and oxygen atoms in total. The van der Waals surface area contributed by atoms with Gasteiger partial charge in [-0.2, -0.15) is 0 Å². The minimum atomic E-state index is -1.26. The van der Waals surface area contributed by atoms with Crippen LogP contribution in [0.1, 0.15) is 27.2 Å². The van der Waals surface area contributed by atoms with Gasteiger partial charge in [0.1, 0.15) is 11.5 Å². The lowest BCUT2D eigenvalue weighted by Gasteiger charge is -2.11. The van der Waals surface area contributed by atoms with Gasteiger partial charge in [-0.15, -0.1) is 0 Å². The Labute approximate surface area is 191 Å². The molecule has 0 saturated heterocycles. The molecule has 170 valence electrons. The Kier molecular flexibility index (Phi) is 4.89. The van der Waals surface area contributed by atoms with Crippen molar-refractivity contribution in [2.45, 2.75) is 20.4 Å². The van der Waals surface area contributed by atoms with Crippen LogP contribution in [0.25, 0.3) is 32.9 Å². The lowest BCUT2D eigenvalue weighted by molar-refractivity contribution is 0.0687. The average molecular weight is 458 g/mol. The summed E-state index contributed by atoms with van der Waals surface area (Å²) >= 11 is 0. The molecule has 0 bridgehead atoms. The summed E-state index contributed by atoms with van der Waals surface area (Å²) in [4.78, 5) is 46.4. The van der Waals surface area contributed by atoms with Crippen LogP contribution in [0.4, 0.5) is 4.39 Å². The molecule has 34 heavy (non-hydrogen) atoms. The van der Waals surface area contributed by atoms with Crippen molar-refractivity contribution in [3.63, 3.8) is 0 Å². The highest BCUT2D eigenvalue weighted by atomic mass is 19.1. The minimum Gasteiger partial charge on any atom is -0.477 e. The number of nitrogens with one attached hydrogen (secondary N) is 2. The van der Waals surface area contributed by atoms with Gasteiger partial charge in [-0.1, -0.05) is 0 Å². The van der Waals surface area contributed by atoms with Gasteiger partial charge in [-0.05, 0) is 55.3 Å². The average Bonchev–Trinajstić information content (AvgIpc) is 3.08. The third kappa shape index (κ3) is 3.29. The highest BCUT2D eigenvalue weighted by molar-refractivity contribution is 6.08. The van der Waals surface area contributed by atoms with Crippen molar-refractivity contribution in [2.75, 3.05) is 0 Å². The molecule has 0 saturated carbocycles. The summed E-state index contributed by atoms with van der Waals surface area (Å²) in [5, 5.41) is 11.0. The number of fused-ring (bicyclic) bond motifs is 2. The lowest BCUT2D eigenvalue weighted by Crippen LogP contribution is -2.14. The highest BCUT2D eigenvalue weighted by Crippen LogP contribution is 2.36. The largest absolute Gasteiger partial charge is 0.477 e. The summed E-state index contributed by atoms with van der Waals surface area (Å²) in [5.74, 6) is -1.88. The van der Waals surface area contributed by atoms with Gasteiger partial charge in [-0.25, -0.2) is 14.2 Å². The number of aromatic amines is 2. The van der Waals surface area contributed by atoms with Gasteiger partial charge in [-0.3, -0.25) is 9.59 Å². The number of aromatic nitrogens is 4. The topological polar surface area (TPSA) is 121 Å². The molecule has 3 heterocycles. The van der Waals surface area contributed by atoms with Crippen LogP contribution < -0.4 is 11.1 Å². The summed E-state index contributed by atoms with van der Waals surface area (Å²) in [6.45, 7) is 3.62. The zero-order valence-corrected chi connectivity index (χ0v) is 18.3. The summed E-state index contributed by atoms with van der Waals surface area (Å²) in [6, 6.07) is 9.37. The van der Waals surface area contributed by atoms with Crippen molar-refractivity contribution in [2.24, 2.45) is 0 Å². The van der Waals surface area contributed by atoms with E-state index in [4.69, 9.17) is 0 Å². The predicted molar refractivity (Wildman–Crippen MR) is 126 cm³/mol. The molecule has 0 aliphatic heterocycles. The summed E-state index contributed by atoms with van der Waals surface area (Å²) in [7, 11) is 0. The first-order valence-electron chi connectivity index (χ1n) is 10.5. The number of hydrogen-bond donors (Lipinski definition) is 3. The van der Waals surface area contributed by atoms with Gasteiger partial charge in [0.25, 0.3) is 11.1 Å². The first kappa shape index (κ1) is 21.3. The number of nitrogens with zero attached hydrogens (tertiary/aromatic N) is 2. The van der Waals surface area contributed by atoms with Gasteiger partial charge in [0.2, 0.25) is 0 Å². The molecule has 0 amide bonds. The van der Waals surface area contributed by atoms with E-state index in [-0.39, 0.29) is 39.8 Å². The predicted octanol–water partition coefficient (Wildman–Crippen LogP) is 3.74. The maximum absolute atomic E-state index is 15.0. The van der Waals surface area contributed by atoms with Crippen LogP contribution in [0.2, 0.25) is 0 Å². The van der Waals surface area contributed by atoms with E-state index in [9.17, 15) is 19.5 Å². The Morgan fingerprint density at radius 1 is 1.06 bits per heavy atom. The summed E-state index contributed by atoms with van der Waals surface area (Å²) in [5.41, 5.74) is 2.15. The Bertz CT molecular complexity index is 1750. The van der Waals surface area contributed by atoms with Crippen LogP contribution in [0.15, 0.2) is 58.5 Å². The van der Waals surface area contributed by atoms with Gasteiger partial charge < -0.3 is 19.6 Å². The summed E-state index contributed by atoms with van der Waals surface area (Å²) in [6.07, 6.45) is 2.66. The van der Waals surface area contributed by atoms with E-state index in [1.165, 1.54) is 23.2 Å². The molecule has 2 aromatic carbocycles. The van der Waals surface area contributed by atoms with Crippen molar-refractivity contribution in [1.29, 1.82) is 0 Å². The van der Waals surface area contributed by atoms with Gasteiger partial charge in [0.05, 0.1) is 23.8 Å². The van der Waals surface area contributed by atoms with E-state index in [1.807, 2.05) is 26.0 Å². The molecule has 9 heteroatoms. The zero-order valence-electron chi connectivity index (χ0n) is 18.3. The van der Waals surface area contributed by atoms with Crippen molar-refractivity contribution in [3.8, 4) is 11.1 Å². The van der Waals surface area contributed by atoms with Crippen LogP contribution in [0, 0.1) is 19.7 Å². The van der Waals surface area contributed by atoms with Crippen molar-refractivity contribution >= 4 is 27.8 Å². The van der Waals surface area contributed by atoms with E-state index in [0.717, 1.165) is 17.2 Å². The number of pyridine rings is 1. The van der Waals surface area contributed by atoms with Crippen LogP contribution in [0.3, 0.4) is 0 Å². The van der Waals surface area contributed by atoms with E-state index >= 15 is 4.39 Å². The van der Waals surface area contributed by atoms with E-state index in [1.54, 1.807) is 12.1 Å². The quantitative estimate of drug-likeness (QED) is 0.379. The van der Waals surface area contributed by atoms with E-state index in [2.05, 4.69) is 15.0 Å². The normalized spacial score (nSPS) is 11.4. The Morgan fingerprint density at radius 2 is 1.82 bits per heavy atom. The second-order valence-corrected chi connectivity index (χ2v) is 8.17. The molecule has 5 aromatic rings. The Balaban J connectivity index is 1.86. The maximum Gasteiger partial charge on any atom is 0.353 e. The third-order valence-corrected chi connectivity index (χ3v) is 6.11. The lowest BCUT2D eigenvalue weighted by atomic mass is 10.00. The van der Waals surface area contributed by atoms with Crippen LogP contribution in [0.5, 0.6) is 0 Å². The zero-order chi connectivity index (χ0) is 24.1. The number of hydrogen-bond acceptors (Lipinski definition) is 4. The molecular formula is C25H19FN4O4. The second kappa shape index (κ2) is 7.80. The van der Waals surface area contributed by atoms with Gasteiger partial charge in [0, 0.05) is 39.9 Å². The fourth-order valence-electron chi connectivity index (χ4n) is 4.31. The van der Waals surface area contributed by atoms with Crippen LogP contribution in [-0.2, 0) is 6.54 Å². The number of carbonyl (C=O) groups is 1. The molecule has 3 aromatic heterocycles. The fraction of sp³-hybridized carbons (Fsp3) is 0.120. The van der Waals surface area contributed by atoms with Crippen LogP contribution >= 0.6 is 0 Å². The highest BCUT2D eigenvalue weighted by Gasteiger charge is 2.26. The summed E-state index contributed by atoms with van der Waals surface area (Å²) < 4.78 is 16.5. The SMILES string of the molecule is Cc1cc2c(-c3ccc[nH]c3=O)c(C(=O)O)n(Cc3cc4c(=O)[nH]cnc4cc3F)c2cc1C. The molecule has 3 N–H and O–H groups in total. The first-order chi connectivity index (χ1) is 16.3. The third-order valence-electron chi connectivity index (χ3n) is 6.11. The van der Waals surface area contributed by atoms with Crippen LogP contribution in [-0.4, -0.2) is 30.6 Å². The first-order valence-corrected chi connectivity index (χ1v) is 10.5. The minimum absolute atomic E-state index is 0.122. The second-order valence-electron chi connectivity index (χ2n) is 8.17.